The number of hydrogen-bond donors (Lipinski definition) is 2. The molecule has 1 amide bonds. The lowest BCUT2D eigenvalue weighted by Gasteiger charge is -2.18. The Balaban J connectivity index is 1.78. The van der Waals surface area contributed by atoms with Crippen LogP contribution in [-0.4, -0.2) is 47.4 Å². The van der Waals surface area contributed by atoms with Gasteiger partial charge in [0.15, 0.2) is 16.6 Å². The fourth-order valence-corrected chi connectivity index (χ4v) is 2.95. The highest BCUT2D eigenvalue weighted by Gasteiger charge is 2.33. The van der Waals surface area contributed by atoms with Gasteiger partial charge in [-0.3, -0.25) is 9.69 Å². The fraction of sp³-hybridized carbons (Fsp3) is 0.375. The molecule has 2 fully saturated rings. The van der Waals surface area contributed by atoms with Gasteiger partial charge in [-0.15, -0.1) is 0 Å². The molecule has 7 heteroatoms. The summed E-state index contributed by atoms with van der Waals surface area (Å²) in [7, 11) is 1.48. The predicted molar refractivity (Wildman–Crippen MR) is 89.1 cm³/mol. The fourth-order valence-electron chi connectivity index (χ4n) is 2.68. The molecule has 2 heterocycles. The Morgan fingerprint density at radius 3 is 3.09 bits per heavy atom. The van der Waals surface area contributed by atoms with E-state index in [1.54, 1.807) is 18.2 Å². The molecule has 2 N–H and O–H groups in total. The molecule has 0 aromatic heterocycles. The van der Waals surface area contributed by atoms with Crippen molar-refractivity contribution in [1.82, 2.24) is 10.2 Å². The van der Waals surface area contributed by atoms with E-state index in [0.29, 0.717) is 23.1 Å². The number of ether oxygens (including phenoxy) is 2. The molecular formula is C16H18N2O4S. The second-order valence-corrected chi connectivity index (χ2v) is 5.86. The first-order chi connectivity index (χ1) is 11.1. The van der Waals surface area contributed by atoms with E-state index in [0.717, 1.165) is 25.0 Å². The second-order valence-electron chi connectivity index (χ2n) is 5.47. The summed E-state index contributed by atoms with van der Waals surface area (Å²) in [5.41, 5.74) is 1.14. The third-order valence-corrected chi connectivity index (χ3v) is 4.21. The Bertz CT molecular complexity index is 668. The van der Waals surface area contributed by atoms with Crippen molar-refractivity contribution in [3.63, 3.8) is 0 Å². The summed E-state index contributed by atoms with van der Waals surface area (Å²) in [6.45, 7) is 1.21. The zero-order valence-corrected chi connectivity index (χ0v) is 13.6. The molecule has 2 aliphatic rings. The van der Waals surface area contributed by atoms with E-state index >= 15 is 0 Å². The molecule has 23 heavy (non-hydrogen) atoms. The number of phenolic OH excluding ortho intramolecular Hbond substituents is 1. The molecule has 1 aromatic rings. The summed E-state index contributed by atoms with van der Waals surface area (Å²) in [5, 5.41) is 12.9. The monoisotopic (exact) mass is 334 g/mol. The van der Waals surface area contributed by atoms with Crippen LogP contribution in [0.4, 0.5) is 0 Å². The van der Waals surface area contributed by atoms with Gasteiger partial charge in [-0.05, 0) is 48.8 Å². The van der Waals surface area contributed by atoms with E-state index in [9.17, 15) is 9.90 Å². The van der Waals surface area contributed by atoms with Gasteiger partial charge in [0, 0.05) is 6.61 Å². The summed E-state index contributed by atoms with van der Waals surface area (Å²) >= 11 is 5.25. The highest BCUT2D eigenvalue weighted by Crippen LogP contribution is 2.27. The summed E-state index contributed by atoms with van der Waals surface area (Å²) < 4.78 is 10.6. The van der Waals surface area contributed by atoms with Crippen molar-refractivity contribution in [1.29, 1.82) is 0 Å². The number of carbonyl (C=O) groups is 1. The number of carbonyl (C=O) groups excluding carboxylic acids is 1. The van der Waals surface area contributed by atoms with Crippen LogP contribution in [0.1, 0.15) is 18.4 Å². The lowest BCUT2D eigenvalue weighted by Crippen LogP contribution is -2.37. The summed E-state index contributed by atoms with van der Waals surface area (Å²) in [6.07, 6.45) is 3.70. The maximum Gasteiger partial charge on any atom is 0.276 e. The van der Waals surface area contributed by atoms with E-state index < -0.39 is 0 Å². The average molecular weight is 334 g/mol. The highest BCUT2D eigenvalue weighted by atomic mass is 32.1. The smallest absolute Gasteiger partial charge is 0.276 e. The molecule has 0 spiro atoms. The largest absolute Gasteiger partial charge is 0.504 e. The number of amides is 1. The van der Waals surface area contributed by atoms with E-state index in [4.69, 9.17) is 21.7 Å². The minimum absolute atomic E-state index is 0.0480. The number of nitrogens with one attached hydrogen (secondary N) is 1. The topological polar surface area (TPSA) is 71.0 Å². The van der Waals surface area contributed by atoms with Crippen LogP contribution in [-0.2, 0) is 9.53 Å². The van der Waals surface area contributed by atoms with Gasteiger partial charge in [-0.25, -0.2) is 0 Å². The zero-order chi connectivity index (χ0) is 16.4. The minimum atomic E-state index is -0.169. The number of methoxy groups -OCH3 is 1. The Labute approximate surface area is 139 Å². The maximum atomic E-state index is 12.5. The Morgan fingerprint density at radius 2 is 2.39 bits per heavy atom. The predicted octanol–water partition coefficient (Wildman–Crippen LogP) is 1.64. The van der Waals surface area contributed by atoms with Gasteiger partial charge in [-0.1, -0.05) is 6.07 Å². The molecule has 2 saturated heterocycles. The molecule has 2 aliphatic heterocycles. The van der Waals surface area contributed by atoms with Crippen LogP contribution in [0.3, 0.4) is 0 Å². The number of rotatable bonds is 4. The third-order valence-electron chi connectivity index (χ3n) is 3.89. The summed E-state index contributed by atoms with van der Waals surface area (Å²) in [5.74, 6) is 0.233. The van der Waals surface area contributed by atoms with Gasteiger partial charge in [0.25, 0.3) is 5.91 Å². The van der Waals surface area contributed by atoms with Crippen molar-refractivity contribution in [2.24, 2.45) is 0 Å². The van der Waals surface area contributed by atoms with E-state index in [-0.39, 0.29) is 17.8 Å². The van der Waals surface area contributed by atoms with Gasteiger partial charge < -0.3 is 19.9 Å². The quantitative estimate of drug-likeness (QED) is 0.644. The lowest BCUT2D eigenvalue weighted by molar-refractivity contribution is -0.123. The van der Waals surface area contributed by atoms with E-state index in [1.807, 2.05) is 0 Å². The van der Waals surface area contributed by atoms with Crippen LogP contribution in [0.25, 0.3) is 6.08 Å². The Kier molecular flexibility index (Phi) is 4.49. The molecule has 0 bridgehead atoms. The molecule has 0 radical (unpaired) electrons. The molecule has 3 rings (SSSR count). The van der Waals surface area contributed by atoms with Crippen molar-refractivity contribution in [2.45, 2.75) is 18.9 Å². The standard InChI is InChI=1S/C16H18N2O4S/c1-21-14-8-10(4-5-13(14)19)7-12-15(20)18(16(23)17-12)9-11-3-2-6-22-11/h4-5,7-8,11,19H,2-3,6,9H2,1H3,(H,17,23)/b12-7+/t11-/m0/s1. The van der Waals surface area contributed by atoms with E-state index in [1.165, 1.54) is 18.1 Å². The minimum Gasteiger partial charge on any atom is -0.504 e. The summed E-state index contributed by atoms with van der Waals surface area (Å²) in [6, 6.07) is 4.88. The van der Waals surface area contributed by atoms with Crippen LogP contribution in [0.2, 0.25) is 0 Å². The third kappa shape index (κ3) is 3.30. The first-order valence-corrected chi connectivity index (χ1v) is 7.82. The van der Waals surface area contributed by atoms with Crippen molar-refractivity contribution < 1.29 is 19.4 Å². The molecule has 0 saturated carbocycles. The van der Waals surface area contributed by atoms with Gasteiger partial charge in [0.1, 0.15) is 5.70 Å². The van der Waals surface area contributed by atoms with Crippen LogP contribution in [0, 0.1) is 0 Å². The van der Waals surface area contributed by atoms with Gasteiger partial charge >= 0.3 is 0 Å². The molecule has 1 atom stereocenters. The highest BCUT2D eigenvalue weighted by molar-refractivity contribution is 7.80. The normalized spacial score (nSPS) is 22.7. The second kappa shape index (κ2) is 6.55. The van der Waals surface area contributed by atoms with Crippen molar-refractivity contribution in [3.05, 3.63) is 29.5 Å². The molecule has 0 unspecified atom stereocenters. The van der Waals surface area contributed by atoms with Gasteiger partial charge in [0.2, 0.25) is 0 Å². The Hall–Kier alpha value is -2.12. The van der Waals surface area contributed by atoms with Crippen LogP contribution >= 0.6 is 12.2 Å². The Morgan fingerprint density at radius 1 is 1.57 bits per heavy atom. The SMILES string of the molecule is COc1cc(/C=C2/NC(=S)N(C[C@@H]3CCCO3)C2=O)ccc1O. The van der Waals surface area contributed by atoms with E-state index in [2.05, 4.69) is 5.32 Å². The maximum absolute atomic E-state index is 12.5. The molecule has 6 nitrogen and oxygen atoms in total. The molecular weight excluding hydrogens is 316 g/mol. The average Bonchev–Trinajstić information content (AvgIpc) is 3.14. The number of aromatic hydroxyl groups is 1. The lowest BCUT2D eigenvalue weighted by atomic mass is 10.1. The van der Waals surface area contributed by atoms with Crippen LogP contribution in [0.15, 0.2) is 23.9 Å². The van der Waals surface area contributed by atoms with Crippen LogP contribution < -0.4 is 10.1 Å². The number of thiocarbonyl (C=S) groups is 1. The van der Waals surface area contributed by atoms with Gasteiger partial charge in [0.05, 0.1) is 19.8 Å². The molecule has 1 aromatic carbocycles. The van der Waals surface area contributed by atoms with Crippen molar-refractivity contribution >= 4 is 29.3 Å². The number of nitrogens with zero attached hydrogens (tertiary/aromatic N) is 1. The summed E-state index contributed by atoms with van der Waals surface area (Å²) in [4.78, 5) is 14.0. The number of benzene rings is 1. The first-order valence-electron chi connectivity index (χ1n) is 7.41. The molecule has 0 aliphatic carbocycles. The zero-order valence-electron chi connectivity index (χ0n) is 12.7. The first kappa shape index (κ1) is 15.8. The number of phenols is 1. The van der Waals surface area contributed by atoms with Crippen molar-refractivity contribution in [2.75, 3.05) is 20.3 Å². The number of hydrogen-bond acceptors (Lipinski definition) is 5. The molecule has 122 valence electrons. The van der Waals surface area contributed by atoms with Gasteiger partial charge in [-0.2, -0.15) is 0 Å². The van der Waals surface area contributed by atoms with Crippen LogP contribution in [0.5, 0.6) is 11.5 Å². The van der Waals surface area contributed by atoms with Crippen molar-refractivity contribution in [3.8, 4) is 11.5 Å².